The summed E-state index contributed by atoms with van der Waals surface area (Å²) in [6.45, 7) is 2.03. The molecule has 3 aromatic rings. The monoisotopic (exact) mass is 446 g/mol. The molecule has 0 radical (unpaired) electrons. The predicted octanol–water partition coefficient (Wildman–Crippen LogP) is 4.47. The Morgan fingerprint density at radius 2 is 1.90 bits per heavy atom. The molecule has 0 atom stereocenters. The molecule has 156 valence electrons. The average molecular weight is 447 g/mol. The third-order valence-corrected chi connectivity index (χ3v) is 6.79. The van der Waals surface area contributed by atoms with Gasteiger partial charge in [-0.3, -0.25) is 14.8 Å². The molecule has 0 spiro atoms. The van der Waals surface area contributed by atoms with Gasteiger partial charge in [0.25, 0.3) is 15.7 Å². The van der Waals surface area contributed by atoms with E-state index in [1.54, 1.807) is 5.38 Å². The average Bonchev–Trinajstić information content (AvgIpc) is 3.16. The van der Waals surface area contributed by atoms with Crippen LogP contribution in [0.25, 0.3) is 11.1 Å². The van der Waals surface area contributed by atoms with Crippen molar-refractivity contribution in [3.8, 4) is 11.1 Å². The number of carbonyl (C=O) groups is 1. The molecule has 0 aliphatic rings. The van der Waals surface area contributed by atoms with E-state index in [-0.39, 0.29) is 21.1 Å². The largest absolute Gasteiger partial charge is 0.465 e. The van der Waals surface area contributed by atoms with Crippen molar-refractivity contribution in [2.45, 2.75) is 18.2 Å². The minimum Gasteiger partial charge on any atom is -0.465 e. The summed E-state index contributed by atoms with van der Waals surface area (Å²) in [6.07, 6.45) is 0.863. The highest BCUT2D eigenvalue weighted by atomic mass is 32.2. The molecule has 0 saturated carbocycles. The molecule has 30 heavy (non-hydrogen) atoms. The first-order chi connectivity index (χ1) is 14.3. The number of aryl methyl sites for hydroxylation is 1. The number of ether oxygens (including phenoxy) is 1. The van der Waals surface area contributed by atoms with E-state index >= 15 is 0 Å². The summed E-state index contributed by atoms with van der Waals surface area (Å²) >= 11 is 1.03. The number of thiophene rings is 1. The minimum atomic E-state index is -4.16. The molecule has 0 unspecified atom stereocenters. The van der Waals surface area contributed by atoms with Crippen LogP contribution in [0.5, 0.6) is 0 Å². The number of rotatable bonds is 7. The van der Waals surface area contributed by atoms with Gasteiger partial charge in [-0.2, -0.15) is 0 Å². The van der Waals surface area contributed by atoms with Crippen molar-refractivity contribution in [3.63, 3.8) is 0 Å². The molecule has 1 N–H and O–H groups in total. The zero-order valence-electron chi connectivity index (χ0n) is 16.1. The molecule has 0 saturated heterocycles. The van der Waals surface area contributed by atoms with Gasteiger partial charge in [0.2, 0.25) is 0 Å². The quantitative estimate of drug-likeness (QED) is 0.325. The lowest BCUT2D eigenvalue weighted by molar-refractivity contribution is -0.385. The second-order valence-corrected chi connectivity index (χ2v) is 8.82. The van der Waals surface area contributed by atoms with Gasteiger partial charge in [0.1, 0.15) is 10.6 Å². The number of carbonyl (C=O) groups excluding carboxylic acids is 1. The van der Waals surface area contributed by atoms with Crippen LogP contribution in [-0.2, 0) is 21.2 Å². The number of hydrogen-bond donors (Lipinski definition) is 1. The number of non-ortho nitro benzene ring substituents is 1. The van der Waals surface area contributed by atoms with Gasteiger partial charge in [0.05, 0.1) is 16.9 Å². The molecule has 0 bridgehead atoms. The highest BCUT2D eigenvalue weighted by molar-refractivity contribution is 7.93. The van der Waals surface area contributed by atoms with Crippen LogP contribution in [-0.4, -0.2) is 26.4 Å². The molecule has 10 heteroatoms. The molecule has 1 heterocycles. The number of hydrogen-bond acceptors (Lipinski definition) is 7. The highest BCUT2D eigenvalue weighted by Crippen LogP contribution is 2.37. The van der Waals surface area contributed by atoms with Crippen LogP contribution in [0.2, 0.25) is 0 Å². The number of methoxy groups -OCH3 is 1. The maximum Gasteiger partial charge on any atom is 0.341 e. The van der Waals surface area contributed by atoms with E-state index in [1.807, 2.05) is 31.2 Å². The minimum absolute atomic E-state index is 0.0722. The standard InChI is InChI=1S/C20H18N2O6S2/c1-3-13-7-9-14(10-8-13)17-12-29-19(18(17)20(23)28-2)21-30(26,27)16-6-4-5-15(11-16)22(24)25/h4-12,21H,3H2,1-2H3. The van der Waals surface area contributed by atoms with Gasteiger partial charge in [0.15, 0.2) is 0 Å². The summed E-state index contributed by atoms with van der Waals surface area (Å²) in [6, 6.07) is 12.2. The third kappa shape index (κ3) is 4.34. The molecule has 0 fully saturated rings. The number of anilines is 1. The fourth-order valence-corrected chi connectivity index (χ4v) is 5.14. The smallest absolute Gasteiger partial charge is 0.341 e. The number of benzene rings is 2. The van der Waals surface area contributed by atoms with Crippen LogP contribution in [0.3, 0.4) is 0 Å². The number of nitrogens with one attached hydrogen (secondary N) is 1. The van der Waals surface area contributed by atoms with Crippen LogP contribution >= 0.6 is 11.3 Å². The van der Waals surface area contributed by atoms with Crippen LogP contribution in [0.15, 0.2) is 58.8 Å². The van der Waals surface area contributed by atoms with Gasteiger partial charge in [-0.25, -0.2) is 13.2 Å². The number of nitro benzene ring substituents is 1. The highest BCUT2D eigenvalue weighted by Gasteiger charge is 2.26. The lowest BCUT2D eigenvalue weighted by atomic mass is 10.0. The SMILES string of the molecule is CCc1ccc(-c2csc(NS(=O)(=O)c3cccc([N+](=O)[O-])c3)c2C(=O)OC)cc1. The predicted molar refractivity (Wildman–Crippen MR) is 114 cm³/mol. The lowest BCUT2D eigenvalue weighted by Gasteiger charge is -2.10. The van der Waals surface area contributed by atoms with Crippen molar-refractivity contribution in [3.05, 3.63) is 75.2 Å². The summed E-state index contributed by atoms with van der Waals surface area (Å²) in [5.74, 6) is -0.692. The topological polar surface area (TPSA) is 116 Å². The Bertz CT molecular complexity index is 1200. The summed E-state index contributed by atoms with van der Waals surface area (Å²) in [5, 5.41) is 12.7. The molecule has 0 aliphatic carbocycles. The van der Waals surface area contributed by atoms with Gasteiger partial charge in [-0.1, -0.05) is 37.3 Å². The molecule has 8 nitrogen and oxygen atoms in total. The number of esters is 1. The normalized spacial score (nSPS) is 11.1. The Morgan fingerprint density at radius 1 is 1.20 bits per heavy atom. The zero-order valence-corrected chi connectivity index (χ0v) is 17.7. The Kier molecular flexibility index (Phi) is 6.18. The molecule has 1 aromatic heterocycles. The Labute approximate surface area is 177 Å². The van der Waals surface area contributed by atoms with Gasteiger partial charge in [-0.15, -0.1) is 11.3 Å². The van der Waals surface area contributed by atoms with Crippen LogP contribution in [0.1, 0.15) is 22.8 Å². The molecule has 2 aromatic carbocycles. The van der Waals surface area contributed by atoms with E-state index < -0.39 is 20.9 Å². The van der Waals surface area contributed by atoms with E-state index in [0.29, 0.717) is 5.56 Å². The first kappa shape index (κ1) is 21.5. The summed E-state index contributed by atoms with van der Waals surface area (Å²) in [7, 11) is -2.95. The first-order valence-electron chi connectivity index (χ1n) is 8.83. The maximum atomic E-state index is 12.8. The van der Waals surface area contributed by atoms with Crippen LogP contribution < -0.4 is 4.72 Å². The van der Waals surface area contributed by atoms with E-state index in [0.717, 1.165) is 35.0 Å². The lowest BCUT2D eigenvalue weighted by Crippen LogP contribution is -2.15. The van der Waals surface area contributed by atoms with Crippen molar-refractivity contribution in [1.82, 2.24) is 0 Å². The van der Waals surface area contributed by atoms with Crippen molar-refractivity contribution in [2.75, 3.05) is 11.8 Å². The summed E-state index contributed by atoms with van der Waals surface area (Å²) in [5.41, 5.74) is 2.13. The maximum absolute atomic E-state index is 12.8. The van der Waals surface area contributed by atoms with Crippen molar-refractivity contribution in [2.24, 2.45) is 0 Å². The first-order valence-corrected chi connectivity index (χ1v) is 11.2. The van der Waals surface area contributed by atoms with Crippen LogP contribution in [0.4, 0.5) is 10.7 Å². The zero-order chi connectivity index (χ0) is 21.9. The molecule has 0 aliphatic heterocycles. The molecular weight excluding hydrogens is 428 g/mol. The Hall–Kier alpha value is -3.24. The van der Waals surface area contributed by atoms with E-state index in [1.165, 1.54) is 25.3 Å². The molecular formula is C20H18N2O6S2. The fraction of sp³-hybridized carbons (Fsp3) is 0.150. The fourth-order valence-electron chi connectivity index (χ4n) is 2.82. The second kappa shape index (κ2) is 8.64. The van der Waals surface area contributed by atoms with Crippen molar-refractivity contribution < 1.29 is 22.9 Å². The Morgan fingerprint density at radius 3 is 2.50 bits per heavy atom. The van der Waals surface area contributed by atoms with E-state index in [4.69, 9.17) is 4.74 Å². The number of nitrogens with zero attached hydrogens (tertiary/aromatic N) is 1. The van der Waals surface area contributed by atoms with Gasteiger partial charge in [0, 0.05) is 23.1 Å². The van der Waals surface area contributed by atoms with Gasteiger partial charge in [-0.05, 0) is 23.6 Å². The van der Waals surface area contributed by atoms with Gasteiger partial charge >= 0.3 is 5.97 Å². The molecule has 3 rings (SSSR count). The second-order valence-electron chi connectivity index (χ2n) is 6.26. The van der Waals surface area contributed by atoms with E-state index in [2.05, 4.69) is 4.72 Å². The Balaban J connectivity index is 2.03. The van der Waals surface area contributed by atoms with Gasteiger partial charge < -0.3 is 4.74 Å². The summed E-state index contributed by atoms with van der Waals surface area (Å²) in [4.78, 5) is 22.4. The van der Waals surface area contributed by atoms with E-state index in [9.17, 15) is 23.3 Å². The summed E-state index contributed by atoms with van der Waals surface area (Å²) < 4.78 is 32.8. The van der Waals surface area contributed by atoms with Crippen molar-refractivity contribution >= 4 is 38.0 Å². The van der Waals surface area contributed by atoms with Crippen LogP contribution in [0, 0.1) is 10.1 Å². The number of sulfonamides is 1. The van der Waals surface area contributed by atoms with Crippen molar-refractivity contribution in [1.29, 1.82) is 0 Å². The number of nitro groups is 1. The molecule has 0 amide bonds. The third-order valence-electron chi connectivity index (χ3n) is 4.42.